The Morgan fingerprint density at radius 3 is 2.17 bits per heavy atom. The quantitative estimate of drug-likeness (QED) is 0.238. The number of urea groups is 1. The average molecular weight is 660 g/mol. The number of aromatic nitrogens is 3. The molecule has 2 amide bonds. The number of nitrogens with zero attached hydrogens (tertiary/aromatic N) is 7. The van der Waals surface area contributed by atoms with Crippen molar-refractivity contribution in [1.82, 2.24) is 19.7 Å². The number of anilines is 3. The molecule has 3 aliphatic rings. The number of amides is 2. The van der Waals surface area contributed by atoms with Crippen molar-refractivity contribution in [3.8, 4) is 5.75 Å². The number of carbonyl (C=O) groups excluding carboxylic acids is 1. The van der Waals surface area contributed by atoms with Gasteiger partial charge in [-0.1, -0.05) is 6.07 Å². The molecule has 0 aliphatic carbocycles. The van der Waals surface area contributed by atoms with Crippen molar-refractivity contribution in [3.63, 3.8) is 0 Å². The molecular weight excluding hydrogens is 620 g/mol. The Morgan fingerprint density at radius 1 is 0.896 bits per heavy atom. The Morgan fingerprint density at radius 2 is 1.56 bits per heavy atom. The van der Waals surface area contributed by atoms with Crippen LogP contribution >= 0.6 is 0 Å². The number of benzene rings is 3. The van der Waals surface area contributed by atoms with E-state index in [0.29, 0.717) is 12.3 Å². The maximum Gasteiger partial charge on any atom is 0.324 e. The van der Waals surface area contributed by atoms with Gasteiger partial charge in [-0.3, -0.25) is 4.90 Å². The van der Waals surface area contributed by atoms with Gasteiger partial charge in [-0.2, -0.15) is 5.10 Å². The van der Waals surface area contributed by atoms with Gasteiger partial charge in [-0.25, -0.2) is 23.2 Å². The van der Waals surface area contributed by atoms with E-state index in [2.05, 4.69) is 32.0 Å². The highest BCUT2D eigenvalue weighted by atomic mass is 19.1. The van der Waals surface area contributed by atoms with Gasteiger partial charge in [0.2, 0.25) is 0 Å². The second-order valence-corrected chi connectivity index (χ2v) is 12.6. The zero-order valence-electron chi connectivity index (χ0n) is 27.0. The topological polar surface area (TPSA) is 88.4 Å². The normalized spacial score (nSPS) is 21.5. The lowest BCUT2D eigenvalue weighted by molar-refractivity contribution is -0.117. The average Bonchev–Trinajstić information content (AvgIpc) is 3.85. The predicted molar refractivity (Wildman–Crippen MR) is 176 cm³/mol. The third-order valence-corrected chi connectivity index (χ3v) is 9.22. The summed E-state index contributed by atoms with van der Waals surface area (Å²) < 4.78 is 48.2. The van der Waals surface area contributed by atoms with Gasteiger partial charge in [-0.05, 0) is 68.4 Å². The van der Waals surface area contributed by atoms with Gasteiger partial charge in [0.1, 0.15) is 42.2 Å². The van der Waals surface area contributed by atoms with Gasteiger partial charge < -0.3 is 28.9 Å². The number of halogens is 2. The molecule has 252 valence electrons. The van der Waals surface area contributed by atoms with Crippen molar-refractivity contribution >= 4 is 23.1 Å². The molecule has 11 nitrogen and oxygen atoms in total. The van der Waals surface area contributed by atoms with E-state index in [1.807, 2.05) is 60.0 Å². The fraction of sp³-hybridized carbons (Fsp3) is 0.400. The van der Waals surface area contributed by atoms with Crippen molar-refractivity contribution in [1.29, 1.82) is 0 Å². The van der Waals surface area contributed by atoms with E-state index in [1.54, 1.807) is 0 Å². The van der Waals surface area contributed by atoms with Crippen LogP contribution in [0.25, 0.3) is 0 Å². The Labute approximate surface area is 278 Å². The van der Waals surface area contributed by atoms with E-state index < -0.39 is 23.5 Å². The molecule has 7 rings (SSSR count). The van der Waals surface area contributed by atoms with E-state index >= 15 is 0 Å². The van der Waals surface area contributed by atoms with Crippen molar-refractivity contribution < 1.29 is 27.8 Å². The van der Waals surface area contributed by atoms with E-state index in [9.17, 15) is 13.6 Å². The minimum atomic E-state index is -1.23. The van der Waals surface area contributed by atoms with Crippen LogP contribution in [0.5, 0.6) is 5.75 Å². The van der Waals surface area contributed by atoms with Crippen LogP contribution in [0.2, 0.25) is 0 Å². The molecule has 2 atom stereocenters. The summed E-state index contributed by atoms with van der Waals surface area (Å²) in [6.07, 6.45) is 2.12. The molecule has 3 fully saturated rings. The van der Waals surface area contributed by atoms with Gasteiger partial charge >= 0.3 is 6.03 Å². The lowest BCUT2D eigenvalue weighted by Gasteiger charge is -2.37. The van der Waals surface area contributed by atoms with Crippen LogP contribution < -0.4 is 19.4 Å². The van der Waals surface area contributed by atoms with Gasteiger partial charge in [0.05, 0.1) is 13.2 Å². The highest BCUT2D eigenvalue weighted by Crippen LogP contribution is 2.37. The molecule has 48 heavy (non-hydrogen) atoms. The van der Waals surface area contributed by atoms with Crippen molar-refractivity contribution in [3.05, 3.63) is 96.6 Å². The minimum Gasteiger partial charge on any atom is -0.488 e. The number of hydrogen-bond acceptors (Lipinski definition) is 8. The highest BCUT2D eigenvalue weighted by Gasteiger charge is 2.45. The molecule has 4 aromatic rings. The van der Waals surface area contributed by atoms with Crippen LogP contribution in [0.15, 0.2) is 79.4 Å². The minimum absolute atomic E-state index is 0.0354. The summed E-state index contributed by atoms with van der Waals surface area (Å²) in [6.45, 7) is 9.31. The van der Waals surface area contributed by atoms with Gasteiger partial charge in [0.15, 0.2) is 6.29 Å². The number of ether oxygens (including phenoxy) is 3. The zero-order valence-corrected chi connectivity index (χ0v) is 27.0. The molecule has 0 unspecified atom stereocenters. The van der Waals surface area contributed by atoms with Crippen molar-refractivity contribution in [2.45, 2.75) is 38.3 Å². The second-order valence-electron chi connectivity index (χ2n) is 12.6. The van der Waals surface area contributed by atoms with E-state index in [-0.39, 0.29) is 37.4 Å². The van der Waals surface area contributed by atoms with Crippen LogP contribution in [0.3, 0.4) is 0 Å². The number of piperazine rings is 1. The van der Waals surface area contributed by atoms with Crippen LogP contribution in [-0.2, 0) is 21.6 Å². The summed E-state index contributed by atoms with van der Waals surface area (Å²) in [7, 11) is 0. The Hall–Kier alpha value is -4.75. The summed E-state index contributed by atoms with van der Waals surface area (Å²) in [6, 6.07) is 19.9. The largest absolute Gasteiger partial charge is 0.488 e. The monoisotopic (exact) mass is 659 g/mol. The highest BCUT2D eigenvalue weighted by molar-refractivity contribution is 5.94. The summed E-state index contributed by atoms with van der Waals surface area (Å²) in [5, 5.41) is 4.13. The van der Waals surface area contributed by atoms with Gasteiger partial charge in [-0.15, -0.1) is 0 Å². The molecule has 3 aliphatic heterocycles. The maximum absolute atomic E-state index is 14.9. The Balaban J connectivity index is 0.914. The zero-order chi connectivity index (χ0) is 33.3. The second kappa shape index (κ2) is 13.4. The first kappa shape index (κ1) is 31.8. The molecule has 0 bridgehead atoms. The summed E-state index contributed by atoms with van der Waals surface area (Å²) in [4.78, 5) is 25.2. The molecule has 0 radical (unpaired) electrons. The van der Waals surface area contributed by atoms with Crippen molar-refractivity contribution in [2.24, 2.45) is 0 Å². The number of hydrogen-bond donors (Lipinski definition) is 0. The third kappa shape index (κ3) is 6.52. The smallest absolute Gasteiger partial charge is 0.324 e. The first-order chi connectivity index (χ1) is 23.3. The molecule has 13 heteroatoms. The lowest BCUT2D eigenvalue weighted by Crippen LogP contribution is -2.46. The Kier molecular flexibility index (Phi) is 8.88. The summed E-state index contributed by atoms with van der Waals surface area (Å²) in [5.41, 5.74) is 2.15. The van der Waals surface area contributed by atoms with E-state index in [4.69, 9.17) is 14.2 Å². The SMILES string of the molecule is CC(C)N1CCN(c2ccc(N3CCN(c4ccc(OC[C@@H]5OC[C@@](Cn6cncn6)(c6ccc(F)cc6F)O5)cc4)CC3)cc2)C1=O. The standard InChI is InChI=1S/C35H39F2N7O4/c1-25(2)43-17-18-44(34(43)45)29-6-4-27(5-7-29)40-13-15-41(16-14-40)28-8-10-30(11-9-28)46-20-33-47-22-35(48-33,21-42-24-38-23-39-42)31-12-3-26(36)19-32(31)37/h3-12,19,23-25,33H,13-18,20-22H2,1-2H3/t33-,35+/m1/s1. The molecule has 3 saturated heterocycles. The van der Waals surface area contributed by atoms with Crippen LogP contribution in [0.4, 0.5) is 30.6 Å². The first-order valence-corrected chi connectivity index (χ1v) is 16.3. The molecule has 4 heterocycles. The van der Waals surface area contributed by atoms with Crippen LogP contribution in [0.1, 0.15) is 19.4 Å². The van der Waals surface area contributed by atoms with Gasteiger partial charge in [0, 0.05) is 74.0 Å². The van der Waals surface area contributed by atoms with Gasteiger partial charge in [0.25, 0.3) is 0 Å². The molecule has 0 spiro atoms. The van der Waals surface area contributed by atoms with E-state index in [1.165, 1.54) is 29.5 Å². The predicted octanol–water partition coefficient (Wildman–Crippen LogP) is 4.88. The number of rotatable bonds is 10. The van der Waals surface area contributed by atoms with Crippen molar-refractivity contribution in [2.75, 3.05) is 67.2 Å². The summed E-state index contributed by atoms with van der Waals surface area (Å²) in [5.74, 6) is -0.736. The van der Waals surface area contributed by atoms with E-state index in [0.717, 1.165) is 55.9 Å². The van der Waals surface area contributed by atoms with Crippen LogP contribution in [0, 0.1) is 11.6 Å². The lowest BCUT2D eigenvalue weighted by atomic mass is 9.94. The fourth-order valence-corrected chi connectivity index (χ4v) is 6.63. The maximum atomic E-state index is 14.9. The summed E-state index contributed by atoms with van der Waals surface area (Å²) >= 11 is 0. The molecule has 3 aromatic carbocycles. The first-order valence-electron chi connectivity index (χ1n) is 16.3. The molecule has 1 aromatic heterocycles. The van der Waals surface area contributed by atoms with Crippen LogP contribution in [-0.4, -0.2) is 90.5 Å². The molecule has 0 saturated carbocycles. The fourth-order valence-electron chi connectivity index (χ4n) is 6.63. The Bertz CT molecular complexity index is 1700. The number of carbonyl (C=O) groups is 1. The third-order valence-electron chi connectivity index (χ3n) is 9.22. The molecule has 0 N–H and O–H groups in total. The molecular formula is C35H39F2N7O4.